The molecule has 0 aliphatic carbocycles. The molecular weight excluding hydrogens is 292 g/mol. The van der Waals surface area contributed by atoms with Gasteiger partial charge in [-0.3, -0.25) is 4.79 Å². The summed E-state index contributed by atoms with van der Waals surface area (Å²) < 4.78 is 10.5. The molecule has 1 aliphatic rings. The highest BCUT2D eigenvalue weighted by Crippen LogP contribution is 2.28. The molecule has 5 heteroatoms. The van der Waals surface area contributed by atoms with Crippen molar-refractivity contribution in [1.29, 1.82) is 0 Å². The summed E-state index contributed by atoms with van der Waals surface area (Å²) in [6, 6.07) is 5.40. The van der Waals surface area contributed by atoms with Crippen LogP contribution in [0.4, 0.5) is 5.69 Å². The van der Waals surface area contributed by atoms with E-state index in [-0.39, 0.29) is 5.91 Å². The van der Waals surface area contributed by atoms with E-state index in [4.69, 9.17) is 9.47 Å². The van der Waals surface area contributed by atoms with Gasteiger partial charge in [-0.05, 0) is 18.6 Å². The highest BCUT2D eigenvalue weighted by Gasteiger charge is 2.25. The fraction of sp³-hybridized carbons (Fsp3) is 0.611. The zero-order chi connectivity index (χ0) is 16.8. The molecule has 0 radical (unpaired) electrons. The fourth-order valence-electron chi connectivity index (χ4n) is 3.54. The van der Waals surface area contributed by atoms with Gasteiger partial charge in [0.2, 0.25) is 5.91 Å². The Bertz CT molecular complexity index is 523. The van der Waals surface area contributed by atoms with E-state index in [9.17, 15) is 4.79 Å². The van der Waals surface area contributed by atoms with Gasteiger partial charge in [0.15, 0.2) is 0 Å². The van der Waals surface area contributed by atoms with Crippen molar-refractivity contribution in [2.75, 3.05) is 39.2 Å². The molecular formula is C18H29N2O3+. The van der Waals surface area contributed by atoms with E-state index in [1.807, 2.05) is 6.07 Å². The minimum atomic E-state index is 0.0231. The molecule has 1 aromatic carbocycles. The summed E-state index contributed by atoms with van der Waals surface area (Å²) in [4.78, 5) is 13.8. The van der Waals surface area contributed by atoms with E-state index in [2.05, 4.69) is 19.2 Å². The van der Waals surface area contributed by atoms with Crippen molar-refractivity contribution in [3.8, 4) is 11.5 Å². The lowest BCUT2D eigenvalue weighted by Gasteiger charge is -2.31. The standard InChI is InChI=1S/C18H28N2O3/c1-13-9-14(2)12-20(11-13)8-7-18(21)19-16-10-15(22-3)5-6-17(16)23-4/h5-6,10,13-14H,7-9,11-12H2,1-4H3,(H,19,21)/p+1/t13-,14+. The zero-order valence-corrected chi connectivity index (χ0v) is 14.6. The van der Waals surface area contributed by atoms with Crippen molar-refractivity contribution in [1.82, 2.24) is 0 Å². The Kier molecular flexibility index (Phi) is 6.28. The van der Waals surface area contributed by atoms with E-state index in [0.29, 0.717) is 23.6 Å². The van der Waals surface area contributed by atoms with Crippen molar-refractivity contribution in [2.45, 2.75) is 26.7 Å². The molecule has 1 aliphatic heterocycles. The summed E-state index contributed by atoms with van der Waals surface area (Å²) in [5, 5.41) is 2.94. The number of methoxy groups -OCH3 is 2. The summed E-state index contributed by atoms with van der Waals surface area (Å²) in [5.74, 6) is 2.86. The van der Waals surface area contributed by atoms with E-state index in [1.54, 1.807) is 26.4 Å². The maximum atomic E-state index is 12.3. The number of amides is 1. The highest BCUT2D eigenvalue weighted by atomic mass is 16.5. The van der Waals surface area contributed by atoms with Crippen LogP contribution >= 0.6 is 0 Å². The van der Waals surface area contributed by atoms with Crippen LogP contribution in [0.2, 0.25) is 0 Å². The van der Waals surface area contributed by atoms with E-state index in [0.717, 1.165) is 18.4 Å². The van der Waals surface area contributed by atoms with E-state index in [1.165, 1.54) is 24.4 Å². The summed E-state index contributed by atoms with van der Waals surface area (Å²) in [7, 11) is 3.20. The summed E-state index contributed by atoms with van der Waals surface area (Å²) >= 11 is 0. The van der Waals surface area contributed by atoms with Crippen LogP contribution in [-0.2, 0) is 4.79 Å². The molecule has 1 unspecified atom stereocenters. The Balaban J connectivity index is 1.89. The number of piperidine rings is 1. The van der Waals surface area contributed by atoms with Crippen LogP contribution in [0.5, 0.6) is 11.5 Å². The first-order valence-electron chi connectivity index (χ1n) is 8.37. The summed E-state index contributed by atoms with van der Waals surface area (Å²) in [5.41, 5.74) is 0.659. The smallest absolute Gasteiger partial charge is 0.230 e. The summed E-state index contributed by atoms with van der Waals surface area (Å²) in [6.07, 6.45) is 1.83. The van der Waals surface area contributed by atoms with E-state index >= 15 is 0 Å². The molecule has 128 valence electrons. The Labute approximate surface area is 139 Å². The van der Waals surface area contributed by atoms with Crippen molar-refractivity contribution in [3.05, 3.63) is 18.2 Å². The number of benzene rings is 1. The number of carbonyl (C=O) groups excluding carboxylic acids is 1. The second kappa shape index (κ2) is 8.20. The van der Waals surface area contributed by atoms with Crippen molar-refractivity contribution in [3.63, 3.8) is 0 Å². The van der Waals surface area contributed by atoms with Gasteiger partial charge in [-0.25, -0.2) is 0 Å². The van der Waals surface area contributed by atoms with Gasteiger partial charge in [0, 0.05) is 17.9 Å². The molecule has 0 bridgehead atoms. The molecule has 1 saturated heterocycles. The Morgan fingerprint density at radius 2 is 1.91 bits per heavy atom. The lowest BCUT2D eigenvalue weighted by molar-refractivity contribution is -0.911. The number of rotatable bonds is 6. The van der Waals surface area contributed by atoms with Gasteiger partial charge < -0.3 is 19.7 Å². The van der Waals surface area contributed by atoms with Crippen molar-refractivity contribution < 1.29 is 19.2 Å². The van der Waals surface area contributed by atoms with Crippen LogP contribution in [0.25, 0.3) is 0 Å². The van der Waals surface area contributed by atoms with Gasteiger partial charge in [-0.15, -0.1) is 0 Å². The largest absolute Gasteiger partial charge is 0.497 e. The quantitative estimate of drug-likeness (QED) is 0.837. The van der Waals surface area contributed by atoms with Crippen LogP contribution in [0.1, 0.15) is 26.7 Å². The molecule has 3 atom stereocenters. The Morgan fingerprint density at radius 3 is 2.52 bits per heavy atom. The van der Waals surface area contributed by atoms with Gasteiger partial charge in [-0.2, -0.15) is 0 Å². The highest BCUT2D eigenvalue weighted by molar-refractivity contribution is 5.92. The molecule has 2 rings (SSSR count). The number of ether oxygens (including phenoxy) is 2. The molecule has 0 spiro atoms. The van der Waals surface area contributed by atoms with Gasteiger partial charge in [0.25, 0.3) is 0 Å². The van der Waals surface area contributed by atoms with Crippen LogP contribution in [0, 0.1) is 11.8 Å². The number of hydrogen-bond acceptors (Lipinski definition) is 3. The summed E-state index contributed by atoms with van der Waals surface area (Å²) in [6.45, 7) is 7.82. The van der Waals surface area contributed by atoms with Gasteiger partial charge in [-0.1, -0.05) is 13.8 Å². The third-order valence-electron chi connectivity index (χ3n) is 4.47. The van der Waals surface area contributed by atoms with Crippen LogP contribution in [0.15, 0.2) is 18.2 Å². The minimum Gasteiger partial charge on any atom is -0.497 e. The third-order valence-corrected chi connectivity index (χ3v) is 4.47. The first-order chi connectivity index (χ1) is 11.0. The number of hydrogen-bond donors (Lipinski definition) is 2. The average molecular weight is 321 g/mol. The Morgan fingerprint density at radius 1 is 1.22 bits per heavy atom. The lowest BCUT2D eigenvalue weighted by atomic mass is 9.92. The molecule has 2 N–H and O–H groups in total. The Hall–Kier alpha value is -1.75. The number of nitrogens with one attached hydrogen (secondary N) is 2. The molecule has 1 aromatic rings. The monoisotopic (exact) mass is 321 g/mol. The van der Waals surface area contributed by atoms with Crippen LogP contribution in [-0.4, -0.2) is 39.8 Å². The number of quaternary nitrogens is 1. The average Bonchev–Trinajstić information content (AvgIpc) is 2.52. The minimum absolute atomic E-state index is 0.0231. The normalized spacial score (nSPS) is 24.1. The second-order valence-electron chi connectivity index (χ2n) is 6.72. The van der Waals surface area contributed by atoms with Crippen LogP contribution in [0.3, 0.4) is 0 Å². The van der Waals surface area contributed by atoms with Crippen LogP contribution < -0.4 is 19.7 Å². The van der Waals surface area contributed by atoms with Crippen molar-refractivity contribution in [2.24, 2.45) is 11.8 Å². The second-order valence-corrected chi connectivity index (χ2v) is 6.72. The molecule has 1 heterocycles. The van der Waals surface area contributed by atoms with Gasteiger partial charge >= 0.3 is 0 Å². The van der Waals surface area contributed by atoms with Gasteiger partial charge in [0.1, 0.15) is 11.5 Å². The predicted octanol–water partition coefficient (Wildman–Crippen LogP) is 1.59. The topological polar surface area (TPSA) is 52.0 Å². The number of anilines is 1. The van der Waals surface area contributed by atoms with Gasteiger partial charge in [0.05, 0.1) is 46.0 Å². The first kappa shape index (κ1) is 17.6. The molecule has 0 saturated carbocycles. The first-order valence-corrected chi connectivity index (χ1v) is 8.37. The zero-order valence-electron chi connectivity index (χ0n) is 14.6. The SMILES string of the molecule is COc1ccc(OC)c(NC(=O)CC[NH+]2C[C@H](C)C[C@H](C)C2)c1. The molecule has 1 fully saturated rings. The maximum absolute atomic E-state index is 12.3. The predicted molar refractivity (Wildman–Crippen MR) is 91.3 cm³/mol. The third kappa shape index (κ3) is 5.13. The fourth-order valence-corrected chi connectivity index (χ4v) is 3.54. The van der Waals surface area contributed by atoms with Crippen molar-refractivity contribution >= 4 is 11.6 Å². The molecule has 0 aromatic heterocycles. The molecule has 23 heavy (non-hydrogen) atoms. The maximum Gasteiger partial charge on any atom is 0.230 e. The molecule has 5 nitrogen and oxygen atoms in total. The number of carbonyl (C=O) groups is 1. The van der Waals surface area contributed by atoms with E-state index < -0.39 is 0 Å². The number of likely N-dealkylation sites (tertiary alicyclic amines) is 1. The molecule has 1 amide bonds. The lowest BCUT2D eigenvalue weighted by Crippen LogP contribution is -3.14.